The van der Waals surface area contributed by atoms with Crippen LogP contribution in [0.15, 0.2) is 31.1 Å². The van der Waals surface area contributed by atoms with Crippen LogP contribution in [0.25, 0.3) is 16.9 Å². The van der Waals surface area contributed by atoms with Gasteiger partial charge >= 0.3 is 0 Å². The number of pyridine rings is 1. The molecule has 0 aliphatic heterocycles. The van der Waals surface area contributed by atoms with Gasteiger partial charge in [0, 0.05) is 31.6 Å². The highest BCUT2D eigenvalue weighted by molar-refractivity contribution is 6.03. The summed E-state index contributed by atoms with van der Waals surface area (Å²) in [6.45, 7) is 1.22. The summed E-state index contributed by atoms with van der Waals surface area (Å²) >= 11 is 0. The van der Waals surface area contributed by atoms with Crippen LogP contribution in [0.1, 0.15) is 36.2 Å². The monoisotopic (exact) mass is 384 g/mol. The second kappa shape index (κ2) is 8.49. The lowest BCUT2D eigenvalue weighted by Gasteiger charge is -2.29. The minimum absolute atomic E-state index is 0.113. The topological polar surface area (TPSA) is 107 Å². The van der Waals surface area contributed by atoms with E-state index in [1.165, 1.54) is 0 Å². The van der Waals surface area contributed by atoms with Crippen molar-refractivity contribution in [2.24, 2.45) is 0 Å². The van der Waals surface area contributed by atoms with Crippen LogP contribution in [0.4, 0.5) is 0 Å². The molecular formula is C19H24N6O3. The predicted octanol–water partition coefficient (Wildman–Crippen LogP) is 1.85. The van der Waals surface area contributed by atoms with Crippen LogP contribution in [-0.4, -0.2) is 62.9 Å². The van der Waals surface area contributed by atoms with Gasteiger partial charge in [-0.25, -0.2) is 15.0 Å². The maximum absolute atomic E-state index is 12.9. The third kappa shape index (κ3) is 4.05. The van der Waals surface area contributed by atoms with Crippen molar-refractivity contribution in [2.45, 2.75) is 37.8 Å². The number of nitrogens with one attached hydrogen (secondary N) is 2. The van der Waals surface area contributed by atoms with E-state index in [1.807, 2.05) is 6.07 Å². The summed E-state index contributed by atoms with van der Waals surface area (Å²) < 4.78 is 12.6. The number of H-pyrrole nitrogens is 1. The van der Waals surface area contributed by atoms with E-state index in [9.17, 15) is 4.79 Å². The van der Waals surface area contributed by atoms with E-state index in [0.717, 1.165) is 31.2 Å². The molecule has 3 aromatic heterocycles. The molecule has 1 saturated carbocycles. The SMILES string of the molecule is COCCOC1CCC(NC(=O)c2nc(-n3ccnc3)cc3[nH]cnc23)CC1. The minimum atomic E-state index is -0.206. The van der Waals surface area contributed by atoms with Gasteiger partial charge in [-0.3, -0.25) is 9.36 Å². The lowest BCUT2D eigenvalue weighted by molar-refractivity contribution is -0.00409. The van der Waals surface area contributed by atoms with Gasteiger partial charge in [-0.2, -0.15) is 0 Å². The highest BCUT2D eigenvalue weighted by atomic mass is 16.5. The summed E-state index contributed by atoms with van der Waals surface area (Å²) in [7, 11) is 1.67. The number of rotatable bonds is 7. The Balaban J connectivity index is 1.44. The van der Waals surface area contributed by atoms with Crippen molar-refractivity contribution in [1.82, 2.24) is 29.8 Å². The molecule has 3 aromatic rings. The van der Waals surface area contributed by atoms with Gasteiger partial charge in [0.05, 0.1) is 31.2 Å². The zero-order chi connectivity index (χ0) is 19.3. The van der Waals surface area contributed by atoms with Crippen LogP contribution >= 0.6 is 0 Å². The largest absolute Gasteiger partial charge is 0.382 e. The summed E-state index contributed by atoms with van der Waals surface area (Å²) in [4.78, 5) is 28.9. The van der Waals surface area contributed by atoms with Gasteiger partial charge in [-0.05, 0) is 25.7 Å². The molecule has 148 valence electrons. The van der Waals surface area contributed by atoms with Gasteiger partial charge in [0.2, 0.25) is 0 Å². The van der Waals surface area contributed by atoms with E-state index in [0.29, 0.717) is 30.2 Å². The van der Waals surface area contributed by atoms with E-state index in [-0.39, 0.29) is 18.1 Å². The summed E-state index contributed by atoms with van der Waals surface area (Å²) in [6.07, 6.45) is 10.5. The van der Waals surface area contributed by atoms with Gasteiger partial charge in [-0.15, -0.1) is 0 Å². The van der Waals surface area contributed by atoms with Crippen LogP contribution in [-0.2, 0) is 9.47 Å². The second-order valence-electron chi connectivity index (χ2n) is 6.91. The highest BCUT2D eigenvalue weighted by Crippen LogP contribution is 2.22. The Morgan fingerprint density at radius 2 is 2.18 bits per heavy atom. The molecule has 0 atom stereocenters. The first kappa shape index (κ1) is 18.6. The molecule has 2 N–H and O–H groups in total. The van der Waals surface area contributed by atoms with E-state index >= 15 is 0 Å². The lowest BCUT2D eigenvalue weighted by atomic mass is 9.93. The van der Waals surface area contributed by atoms with Gasteiger partial charge < -0.3 is 19.8 Å². The number of aromatic nitrogens is 5. The summed E-state index contributed by atoms with van der Waals surface area (Å²) in [5, 5.41) is 3.12. The Morgan fingerprint density at radius 3 is 2.93 bits per heavy atom. The van der Waals surface area contributed by atoms with Crippen molar-refractivity contribution >= 4 is 16.9 Å². The van der Waals surface area contributed by atoms with Crippen LogP contribution in [0, 0.1) is 0 Å². The zero-order valence-corrected chi connectivity index (χ0v) is 15.8. The third-order valence-corrected chi connectivity index (χ3v) is 5.03. The fraction of sp³-hybridized carbons (Fsp3) is 0.474. The number of aromatic amines is 1. The number of nitrogens with zero attached hydrogens (tertiary/aromatic N) is 4. The normalized spacial score (nSPS) is 19.8. The molecule has 0 spiro atoms. The van der Waals surface area contributed by atoms with Crippen molar-refractivity contribution in [2.75, 3.05) is 20.3 Å². The maximum Gasteiger partial charge on any atom is 0.272 e. The summed E-state index contributed by atoms with van der Waals surface area (Å²) in [6, 6.07) is 1.96. The van der Waals surface area contributed by atoms with Crippen molar-refractivity contribution in [3.63, 3.8) is 0 Å². The maximum atomic E-state index is 12.9. The summed E-state index contributed by atoms with van der Waals surface area (Å²) in [5.74, 6) is 0.414. The number of methoxy groups -OCH3 is 1. The summed E-state index contributed by atoms with van der Waals surface area (Å²) in [5.41, 5.74) is 1.65. The fourth-order valence-electron chi connectivity index (χ4n) is 3.54. The van der Waals surface area contributed by atoms with E-state index in [2.05, 4.69) is 25.3 Å². The molecule has 3 heterocycles. The average Bonchev–Trinajstić information content (AvgIpc) is 3.40. The van der Waals surface area contributed by atoms with Crippen molar-refractivity contribution < 1.29 is 14.3 Å². The Bertz CT molecular complexity index is 915. The predicted molar refractivity (Wildman–Crippen MR) is 102 cm³/mol. The lowest BCUT2D eigenvalue weighted by Crippen LogP contribution is -2.39. The molecule has 1 aliphatic rings. The fourth-order valence-corrected chi connectivity index (χ4v) is 3.54. The van der Waals surface area contributed by atoms with E-state index in [1.54, 1.807) is 36.7 Å². The average molecular weight is 384 g/mol. The Morgan fingerprint density at radius 1 is 1.32 bits per heavy atom. The molecule has 1 amide bonds. The number of imidazole rings is 2. The van der Waals surface area contributed by atoms with Gasteiger partial charge in [0.25, 0.3) is 5.91 Å². The zero-order valence-electron chi connectivity index (χ0n) is 15.8. The number of hydrogen-bond acceptors (Lipinski definition) is 6. The first-order valence-corrected chi connectivity index (χ1v) is 9.48. The molecule has 0 aromatic carbocycles. The molecule has 9 nitrogen and oxygen atoms in total. The quantitative estimate of drug-likeness (QED) is 0.602. The smallest absolute Gasteiger partial charge is 0.272 e. The molecule has 1 fully saturated rings. The third-order valence-electron chi connectivity index (χ3n) is 5.03. The molecular weight excluding hydrogens is 360 g/mol. The Labute approximate surface area is 162 Å². The molecule has 1 aliphatic carbocycles. The standard InChI is InChI=1S/C19H24N6O3/c1-27-8-9-28-14-4-2-13(3-5-14)23-19(26)18-17-15(21-11-22-17)10-16(24-18)25-7-6-20-12-25/h6-7,10-14H,2-5,8-9H2,1H3,(H,21,22)(H,23,26). The van der Waals surface area contributed by atoms with Crippen molar-refractivity contribution in [3.05, 3.63) is 36.8 Å². The van der Waals surface area contributed by atoms with Gasteiger partial charge in [0.1, 0.15) is 17.7 Å². The molecule has 9 heteroatoms. The number of carbonyl (C=O) groups excluding carboxylic acids is 1. The molecule has 0 bridgehead atoms. The van der Waals surface area contributed by atoms with Crippen LogP contribution in [0.3, 0.4) is 0 Å². The van der Waals surface area contributed by atoms with Crippen LogP contribution in [0.2, 0.25) is 0 Å². The van der Waals surface area contributed by atoms with Gasteiger partial charge in [-0.1, -0.05) is 0 Å². The minimum Gasteiger partial charge on any atom is -0.382 e. The molecule has 28 heavy (non-hydrogen) atoms. The second-order valence-corrected chi connectivity index (χ2v) is 6.91. The first-order valence-electron chi connectivity index (χ1n) is 9.48. The number of carbonyl (C=O) groups is 1. The molecule has 0 saturated heterocycles. The number of fused-ring (bicyclic) bond motifs is 1. The van der Waals surface area contributed by atoms with Crippen LogP contribution in [0.5, 0.6) is 0 Å². The van der Waals surface area contributed by atoms with Crippen LogP contribution < -0.4 is 5.32 Å². The number of amides is 1. The number of hydrogen-bond donors (Lipinski definition) is 2. The van der Waals surface area contributed by atoms with Crippen molar-refractivity contribution in [1.29, 1.82) is 0 Å². The first-order chi connectivity index (χ1) is 13.7. The molecule has 4 rings (SSSR count). The Hall–Kier alpha value is -2.78. The van der Waals surface area contributed by atoms with Crippen molar-refractivity contribution in [3.8, 4) is 5.82 Å². The molecule has 0 radical (unpaired) electrons. The highest BCUT2D eigenvalue weighted by Gasteiger charge is 2.25. The van der Waals surface area contributed by atoms with E-state index in [4.69, 9.17) is 9.47 Å². The van der Waals surface area contributed by atoms with Gasteiger partial charge in [0.15, 0.2) is 5.69 Å². The Kier molecular flexibility index (Phi) is 5.63. The van der Waals surface area contributed by atoms with E-state index < -0.39 is 0 Å². The number of ether oxygens (including phenoxy) is 2. The molecule has 0 unspecified atom stereocenters.